The normalized spacial score (nSPS) is 13.4. The summed E-state index contributed by atoms with van der Waals surface area (Å²) in [4.78, 5) is -0.0878. The van der Waals surface area contributed by atoms with Gasteiger partial charge in [-0.2, -0.15) is 0 Å². The van der Waals surface area contributed by atoms with Crippen LogP contribution in [0.2, 0.25) is 10.0 Å². The molecule has 0 bridgehead atoms. The van der Waals surface area contributed by atoms with E-state index >= 15 is 0 Å². The SMILES string of the molecule is CCCC(CCCl)CNS(=O)(=O)c1c(Cl)cc(Br)cc1Cl. The van der Waals surface area contributed by atoms with Crippen LogP contribution in [-0.2, 0) is 10.0 Å². The van der Waals surface area contributed by atoms with Crippen LogP contribution < -0.4 is 4.72 Å². The van der Waals surface area contributed by atoms with Gasteiger partial charge in [-0.15, -0.1) is 11.6 Å². The van der Waals surface area contributed by atoms with Crippen molar-refractivity contribution in [3.8, 4) is 0 Å². The van der Waals surface area contributed by atoms with Gasteiger partial charge in [-0.05, 0) is 30.9 Å². The second kappa shape index (κ2) is 8.94. The molecule has 8 heteroatoms. The van der Waals surface area contributed by atoms with Gasteiger partial charge in [-0.1, -0.05) is 52.5 Å². The molecular formula is C13H17BrCl3NO2S. The van der Waals surface area contributed by atoms with Crippen LogP contribution in [0.15, 0.2) is 21.5 Å². The fourth-order valence-corrected chi connectivity index (χ4v) is 5.35. The van der Waals surface area contributed by atoms with Crippen molar-refractivity contribution in [2.24, 2.45) is 5.92 Å². The molecule has 120 valence electrons. The second-order valence-corrected chi connectivity index (χ2v) is 8.49. The molecule has 3 nitrogen and oxygen atoms in total. The quantitative estimate of drug-likeness (QED) is 0.577. The minimum atomic E-state index is -3.75. The Morgan fingerprint density at radius 3 is 2.29 bits per heavy atom. The van der Waals surface area contributed by atoms with Crippen LogP contribution in [0, 0.1) is 5.92 Å². The fourth-order valence-electron chi connectivity index (χ4n) is 2.00. The number of benzene rings is 1. The molecule has 0 aliphatic carbocycles. The molecule has 1 atom stereocenters. The van der Waals surface area contributed by atoms with Crippen LogP contribution >= 0.6 is 50.7 Å². The van der Waals surface area contributed by atoms with Crippen LogP contribution in [0.5, 0.6) is 0 Å². The molecular weight excluding hydrogens is 420 g/mol. The van der Waals surface area contributed by atoms with Gasteiger partial charge >= 0.3 is 0 Å². The minimum absolute atomic E-state index is 0.0878. The summed E-state index contributed by atoms with van der Waals surface area (Å²) < 4.78 is 27.9. The van der Waals surface area contributed by atoms with Crippen LogP contribution in [-0.4, -0.2) is 20.8 Å². The third-order valence-corrected chi connectivity index (χ3v) is 6.03. The Labute approximate surface area is 149 Å². The largest absolute Gasteiger partial charge is 0.243 e. The third kappa shape index (κ3) is 5.88. The van der Waals surface area contributed by atoms with E-state index in [0.29, 0.717) is 16.9 Å². The van der Waals surface area contributed by atoms with Gasteiger partial charge in [0.25, 0.3) is 0 Å². The zero-order valence-electron chi connectivity index (χ0n) is 11.5. The molecule has 1 aromatic rings. The minimum Gasteiger partial charge on any atom is -0.211 e. The van der Waals surface area contributed by atoms with Gasteiger partial charge in [-0.25, -0.2) is 13.1 Å². The molecule has 0 amide bonds. The zero-order valence-corrected chi connectivity index (χ0v) is 16.2. The number of nitrogens with one attached hydrogen (secondary N) is 1. The van der Waals surface area contributed by atoms with Gasteiger partial charge in [0.05, 0.1) is 10.0 Å². The van der Waals surface area contributed by atoms with Gasteiger partial charge in [0.2, 0.25) is 10.0 Å². The first-order valence-corrected chi connectivity index (χ1v) is 10.1. The highest BCUT2D eigenvalue weighted by Crippen LogP contribution is 2.32. The summed E-state index contributed by atoms with van der Waals surface area (Å²) in [6.45, 7) is 2.38. The first kappa shape index (κ1) is 19.5. The fraction of sp³-hybridized carbons (Fsp3) is 0.538. The van der Waals surface area contributed by atoms with Gasteiger partial charge in [-0.3, -0.25) is 0 Å². The Balaban J connectivity index is 2.92. The maximum atomic E-state index is 12.4. The maximum absolute atomic E-state index is 12.4. The Kier molecular flexibility index (Phi) is 8.31. The third-order valence-electron chi connectivity index (χ3n) is 3.01. The van der Waals surface area contributed by atoms with Gasteiger partial charge in [0.15, 0.2) is 0 Å². The summed E-state index contributed by atoms with van der Waals surface area (Å²) in [5.41, 5.74) is 0. The van der Waals surface area contributed by atoms with Gasteiger partial charge in [0, 0.05) is 16.9 Å². The number of halogens is 4. The van der Waals surface area contributed by atoms with E-state index in [1.54, 1.807) is 0 Å². The Bertz CT molecular complexity index is 552. The predicted molar refractivity (Wildman–Crippen MR) is 93.1 cm³/mol. The smallest absolute Gasteiger partial charge is 0.211 e. The van der Waals surface area contributed by atoms with Crippen LogP contribution in [0.4, 0.5) is 0 Å². The lowest BCUT2D eigenvalue weighted by molar-refractivity contribution is 0.457. The van der Waals surface area contributed by atoms with Crippen molar-refractivity contribution in [3.05, 3.63) is 26.7 Å². The molecule has 0 aliphatic heterocycles. The highest BCUT2D eigenvalue weighted by atomic mass is 79.9. The molecule has 0 fully saturated rings. The van der Waals surface area contributed by atoms with E-state index in [0.717, 1.165) is 19.3 Å². The van der Waals surface area contributed by atoms with E-state index in [-0.39, 0.29) is 20.9 Å². The molecule has 0 aliphatic rings. The number of alkyl halides is 1. The lowest BCUT2D eigenvalue weighted by atomic mass is 10.0. The van der Waals surface area contributed by atoms with E-state index in [4.69, 9.17) is 34.8 Å². The van der Waals surface area contributed by atoms with E-state index in [1.807, 2.05) is 0 Å². The van der Waals surface area contributed by atoms with Crippen molar-refractivity contribution in [2.45, 2.75) is 31.1 Å². The Morgan fingerprint density at radius 1 is 1.24 bits per heavy atom. The number of rotatable bonds is 8. The number of sulfonamides is 1. The first-order valence-electron chi connectivity index (χ1n) is 6.52. The molecule has 0 spiro atoms. The van der Waals surface area contributed by atoms with Crippen LogP contribution in [0.3, 0.4) is 0 Å². The van der Waals surface area contributed by atoms with Crippen molar-refractivity contribution >= 4 is 60.8 Å². The number of hydrogen-bond acceptors (Lipinski definition) is 2. The monoisotopic (exact) mass is 435 g/mol. The molecule has 0 saturated carbocycles. The van der Waals surface area contributed by atoms with Crippen molar-refractivity contribution in [2.75, 3.05) is 12.4 Å². The van der Waals surface area contributed by atoms with E-state index in [1.165, 1.54) is 12.1 Å². The van der Waals surface area contributed by atoms with Gasteiger partial charge in [0.1, 0.15) is 4.90 Å². The summed E-state index contributed by atoms with van der Waals surface area (Å²) in [5, 5.41) is 0.178. The lowest BCUT2D eigenvalue weighted by Gasteiger charge is -2.16. The van der Waals surface area contributed by atoms with E-state index in [9.17, 15) is 8.42 Å². The van der Waals surface area contributed by atoms with E-state index in [2.05, 4.69) is 27.6 Å². The maximum Gasteiger partial charge on any atom is 0.243 e. The van der Waals surface area contributed by atoms with Crippen LogP contribution in [0.1, 0.15) is 26.2 Å². The Hall–Kier alpha value is 0.480. The van der Waals surface area contributed by atoms with E-state index < -0.39 is 10.0 Å². The molecule has 0 heterocycles. The van der Waals surface area contributed by atoms with Crippen molar-refractivity contribution in [1.29, 1.82) is 0 Å². The molecule has 1 aromatic carbocycles. The molecule has 0 aromatic heterocycles. The summed E-state index contributed by atoms with van der Waals surface area (Å²) >= 11 is 21.0. The number of hydrogen-bond donors (Lipinski definition) is 1. The highest BCUT2D eigenvalue weighted by molar-refractivity contribution is 9.10. The average Bonchev–Trinajstić information content (AvgIpc) is 2.35. The summed E-state index contributed by atoms with van der Waals surface area (Å²) in [6, 6.07) is 3.01. The Morgan fingerprint density at radius 2 is 1.81 bits per heavy atom. The molecule has 1 unspecified atom stereocenters. The molecule has 1 N–H and O–H groups in total. The zero-order chi connectivity index (χ0) is 16.0. The average molecular weight is 438 g/mol. The van der Waals surface area contributed by atoms with Crippen molar-refractivity contribution in [3.63, 3.8) is 0 Å². The summed E-state index contributed by atoms with van der Waals surface area (Å²) in [6.07, 6.45) is 2.65. The van der Waals surface area contributed by atoms with Gasteiger partial charge < -0.3 is 0 Å². The predicted octanol–water partition coefficient (Wildman–Crippen LogP) is 5.08. The summed E-state index contributed by atoms with van der Waals surface area (Å²) in [5.74, 6) is 0.710. The first-order chi connectivity index (χ1) is 9.81. The molecule has 1 rings (SSSR count). The van der Waals surface area contributed by atoms with Crippen LogP contribution in [0.25, 0.3) is 0 Å². The highest BCUT2D eigenvalue weighted by Gasteiger charge is 2.23. The molecule has 0 saturated heterocycles. The second-order valence-electron chi connectivity index (χ2n) is 4.68. The molecule has 0 radical (unpaired) electrons. The molecule has 21 heavy (non-hydrogen) atoms. The van der Waals surface area contributed by atoms with Crippen molar-refractivity contribution < 1.29 is 8.42 Å². The van der Waals surface area contributed by atoms with Crippen molar-refractivity contribution in [1.82, 2.24) is 4.72 Å². The summed E-state index contributed by atoms with van der Waals surface area (Å²) in [7, 11) is -3.75. The standard InChI is InChI=1S/C13H17BrCl3NO2S/c1-2-3-9(4-5-15)8-18-21(19,20)13-11(16)6-10(14)7-12(13)17/h6-7,9,18H,2-5,8H2,1H3. The lowest BCUT2D eigenvalue weighted by Crippen LogP contribution is -2.30. The topological polar surface area (TPSA) is 46.2 Å².